The molecule has 2 N–H and O–H groups in total. The number of rotatable bonds is 5. The summed E-state index contributed by atoms with van der Waals surface area (Å²) in [5.41, 5.74) is 2.13. The molecule has 5 rings (SSSR count). The van der Waals surface area contributed by atoms with Crippen LogP contribution in [0.1, 0.15) is 46.6 Å². The highest BCUT2D eigenvalue weighted by Gasteiger charge is 2.43. The fourth-order valence-electron chi connectivity index (χ4n) is 6.63. The molecule has 47 heavy (non-hydrogen) atoms. The lowest BCUT2D eigenvalue weighted by molar-refractivity contribution is -0.132. The smallest absolute Gasteiger partial charge is 0.246 e. The molecule has 0 radical (unpaired) electrons. The van der Waals surface area contributed by atoms with Crippen molar-refractivity contribution in [3.8, 4) is 23.1 Å². The summed E-state index contributed by atoms with van der Waals surface area (Å²) in [5, 5.41) is 32.0. The van der Waals surface area contributed by atoms with Crippen molar-refractivity contribution in [3.63, 3.8) is 0 Å². The fraction of sp³-hybridized carbons (Fsp3) is 0.394. The van der Waals surface area contributed by atoms with Crippen molar-refractivity contribution in [2.24, 2.45) is 10.9 Å². The summed E-state index contributed by atoms with van der Waals surface area (Å²) in [6, 6.07) is 3.07. The van der Waals surface area contributed by atoms with Crippen LogP contribution in [-0.2, 0) is 4.79 Å². The Morgan fingerprint density at radius 2 is 1.79 bits per heavy atom. The molecule has 14 heteroatoms. The number of hydrogen-bond acceptors (Lipinski definition) is 8. The third kappa shape index (κ3) is 5.65. The van der Waals surface area contributed by atoms with Crippen molar-refractivity contribution in [2.45, 2.75) is 59.4 Å². The second-order valence-electron chi connectivity index (χ2n) is 12.1. The molecule has 3 atom stereocenters. The van der Waals surface area contributed by atoms with E-state index in [1.165, 1.54) is 17.0 Å². The van der Waals surface area contributed by atoms with Crippen molar-refractivity contribution in [2.75, 3.05) is 24.5 Å². The highest BCUT2D eigenvalue weighted by molar-refractivity contribution is 6.44. The molecular formula is C33H33Cl3F2N6O3. The van der Waals surface area contributed by atoms with Gasteiger partial charge < -0.3 is 20.0 Å². The summed E-state index contributed by atoms with van der Waals surface area (Å²) in [5.74, 6) is -4.53. The van der Waals surface area contributed by atoms with Crippen molar-refractivity contribution in [1.29, 1.82) is 5.26 Å². The molecule has 0 saturated carbocycles. The number of hydrogen-bond donors (Lipinski definition) is 2. The average molecular weight is 706 g/mol. The molecule has 0 bridgehead atoms. The number of phenols is 1. The number of aliphatic hydroxyl groups is 1. The van der Waals surface area contributed by atoms with E-state index in [1.54, 1.807) is 4.90 Å². The number of nitriles is 1. The zero-order valence-electron chi connectivity index (χ0n) is 26.4. The number of nitrogens with zero attached hydrogens (tertiary/aromatic N) is 6. The van der Waals surface area contributed by atoms with Crippen LogP contribution in [0.25, 0.3) is 17.0 Å². The largest absolute Gasteiger partial charge is 0.504 e. The SMILES string of the molecule is C=CC(=O)N1[C@H](C)CN(C2=C(C#N)C(O)N(C3=C(C)CCN=C3C(C)C)c3nc(-c4c(O)c(F)c(F)c(Cl)c4Cl)c(Cl)cc32)C[C@@H]1C. The molecule has 1 aromatic carbocycles. The molecule has 0 spiro atoms. The minimum atomic E-state index is -1.63. The van der Waals surface area contributed by atoms with E-state index in [0.717, 1.165) is 5.57 Å². The van der Waals surface area contributed by atoms with E-state index in [1.807, 2.05) is 39.5 Å². The zero-order valence-corrected chi connectivity index (χ0v) is 28.6. The van der Waals surface area contributed by atoms with Gasteiger partial charge in [-0.05, 0) is 50.8 Å². The number of piperazine rings is 1. The van der Waals surface area contributed by atoms with E-state index in [9.17, 15) is 29.1 Å². The molecule has 1 unspecified atom stereocenters. The lowest BCUT2D eigenvalue weighted by atomic mass is 9.91. The van der Waals surface area contributed by atoms with Crippen LogP contribution in [0.15, 0.2) is 40.6 Å². The van der Waals surface area contributed by atoms with E-state index in [0.29, 0.717) is 48.7 Å². The van der Waals surface area contributed by atoms with Crippen LogP contribution in [-0.4, -0.2) is 74.6 Å². The summed E-state index contributed by atoms with van der Waals surface area (Å²) < 4.78 is 29.2. The number of aromatic nitrogens is 1. The second-order valence-corrected chi connectivity index (χ2v) is 13.3. The number of amides is 1. The first kappa shape index (κ1) is 34.6. The van der Waals surface area contributed by atoms with Crippen LogP contribution in [0.3, 0.4) is 0 Å². The topological polar surface area (TPSA) is 116 Å². The Morgan fingerprint density at radius 3 is 2.36 bits per heavy atom. The Balaban J connectivity index is 1.82. The Bertz CT molecular complexity index is 1800. The number of fused-ring (bicyclic) bond motifs is 1. The number of dihydropyridines is 1. The predicted molar refractivity (Wildman–Crippen MR) is 179 cm³/mol. The van der Waals surface area contributed by atoms with E-state index in [4.69, 9.17) is 44.8 Å². The average Bonchev–Trinajstić information content (AvgIpc) is 3.02. The Morgan fingerprint density at radius 1 is 1.15 bits per heavy atom. The molecule has 3 aliphatic rings. The maximum Gasteiger partial charge on any atom is 0.246 e. The van der Waals surface area contributed by atoms with Gasteiger partial charge in [0.15, 0.2) is 17.8 Å². The maximum atomic E-state index is 14.8. The second kappa shape index (κ2) is 13.1. The van der Waals surface area contributed by atoms with Gasteiger partial charge in [-0.25, -0.2) is 9.37 Å². The van der Waals surface area contributed by atoms with Crippen molar-refractivity contribution >= 4 is 57.9 Å². The zero-order chi connectivity index (χ0) is 34.6. The molecule has 1 amide bonds. The third-order valence-corrected chi connectivity index (χ3v) is 9.78. The van der Waals surface area contributed by atoms with E-state index >= 15 is 0 Å². The van der Waals surface area contributed by atoms with Crippen LogP contribution >= 0.6 is 34.8 Å². The van der Waals surface area contributed by atoms with Gasteiger partial charge in [0.25, 0.3) is 0 Å². The van der Waals surface area contributed by atoms with Crippen LogP contribution in [0, 0.1) is 28.9 Å². The minimum absolute atomic E-state index is 0.0109. The molecule has 1 fully saturated rings. The number of carbonyl (C=O) groups is 1. The number of phenolic OH excluding ortho intramolecular Hbond substituents is 1. The number of allylic oxidation sites excluding steroid dienone is 1. The first-order chi connectivity index (χ1) is 22.2. The minimum Gasteiger partial charge on any atom is -0.504 e. The van der Waals surface area contributed by atoms with Gasteiger partial charge in [-0.15, -0.1) is 0 Å². The standard InChI is InChI=1S/C33H33Cl3F2N6O3/c1-7-21(45)43-16(5)12-42(13-17(43)6)30-18-10-20(34)28(22-23(35)24(36)25(37)26(38)31(22)46)41-32(18)44(33(47)19(30)11-39)29-15(4)8-9-40-27(29)14(2)3/h7,10,14,16-17,33,46-47H,1,8-9,12-13H2,2-6H3/t16-,17+,33?. The summed E-state index contributed by atoms with van der Waals surface area (Å²) in [6.07, 6.45) is 0.264. The van der Waals surface area contributed by atoms with Gasteiger partial charge in [-0.1, -0.05) is 55.2 Å². The normalized spacial score (nSPS) is 21.6. The monoisotopic (exact) mass is 704 g/mol. The number of aliphatic hydroxyl groups excluding tert-OH is 1. The summed E-state index contributed by atoms with van der Waals surface area (Å²) in [6.45, 7) is 14.3. The first-order valence-corrected chi connectivity index (χ1v) is 16.1. The number of halogens is 5. The Labute approximate surface area is 286 Å². The summed E-state index contributed by atoms with van der Waals surface area (Å²) in [4.78, 5) is 27.3. The van der Waals surface area contributed by atoms with Crippen molar-refractivity contribution in [1.82, 2.24) is 14.8 Å². The molecular weight excluding hydrogens is 673 g/mol. The number of carbonyl (C=O) groups excluding carboxylic acids is 1. The number of anilines is 1. The molecule has 4 heterocycles. The van der Waals surface area contributed by atoms with E-state index in [-0.39, 0.29) is 46.0 Å². The molecule has 0 aliphatic carbocycles. The number of aromatic hydroxyl groups is 1. The van der Waals surface area contributed by atoms with Gasteiger partial charge in [0.05, 0.1) is 43.4 Å². The molecule has 3 aliphatic heterocycles. The van der Waals surface area contributed by atoms with Gasteiger partial charge in [-0.2, -0.15) is 9.65 Å². The third-order valence-electron chi connectivity index (χ3n) is 8.66. The maximum absolute atomic E-state index is 14.8. The molecule has 248 valence electrons. The summed E-state index contributed by atoms with van der Waals surface area (Å²) >= 11 is 19.2. The molecule has 2 aromatic rings. The van der Waals surface area contributed by atoms with Gasteiger partial charge in [-0.3, -0.25) is 14.7 Å². The van der Waals surface area contributed by atoms with Crippen LogP contribution in [0.4, 0.5) is 14.6 Å². The predicted octanol–water partition coefficient (Wildman–Crippen LogP) is 6.95. The molecule has 1 saturated heterocycles. The fourth-order valence-corrected chi connectivity index (χ4v) is 7.31. The van der Waals surface area contributed by atoms with Crippen LogP contribution < -0.4 is 4.90 Å². The van der Waals surface area contributed by atoms with Gasteiger partial charge >= 0.3 is 0 Å². The lowest BCUT2D eigenvalue weighted by Crippen LogP contribution is -2.58. The van der Waals surface area contributed by atoms with Crippen LogP contribution in [0.2, 0.25) is 15.1 Å². The first-order valence-electron chi connectivity index (χ1n) is 15.0. The number of aliphatic imine (C=N–C) groups is 1. The van der Waals surface area contributed by atoms with Gasteiger partial charge in [0.1, 0.15) is 17.5 Å². The number of pyridine rings is 1. The van der Waals surface area contributed by atoms with Crippen LogP contribution in [0.5, 0.6) is 5.75 Å². The molecule has 1 aromatic heterocycles. The summed E-state index contributed by atoms with van der Waals surface area (Å²) in [7, 11) is 0. The number of benzene rings is 1. The van der Waals surface area contributed by atoms with Crippen molar-refractivity contribution < 1.29 is 23.8 Å². The van der Waals surface area contributed by atoms with Gasteiger partial charge in [0, 0.05) is 37.3 Å². The highest BCUT2D eigenvalue weighted by atomic mass is 35.5. The quantitative estimate of drug-likeness (QED) is 0.197. The molecule has 9 nitrogen and oxygen atoms in total. The Kier molecular flexibility index (Phi) is 9.64. The lowest BCUT2D eigenvalue weighted by Gasteiger charge is -2.48. The van der Waals surface area contributed by atoms with Crippen molar-refractivity contribution in [3.05, 3.63) is 67.8 Å². The highest BCUT2D eigenvalue weighted by Crippen LogP contribution is 2.49. The van der Waals surface area contributed by atoms with E-state index < -0.39 is 39.2 Å². The Hall–Kier alpha value is -3.69. The van der Waals surface area contributed by atoms with Gasteiger partial charge in [0.2, 0.25) is 11.7 Å². The van der Waals surface area contributed by atoms with E-state index in [2.05, 4.69) is 12.6 Å².